The van der Waals surface area contributed by atoms with Crippen LogP contribution in [0.25, 0.3) is 10.9 Å². The second-order valence-corrected chi connectivity index (χ2v) is 7.38. The van der Waals surface area contributed by atoms with E-state index < -0.39 is 6.17 Å². The number of carbonyl (C=O) groups is 2. The maximum atomic E-state index is 12.9. The van der Waals surface area contributed by atoms with Crippen molar-refractivity contribution in [2.45, 2.75) is 12.6 Å². The number of H-pyrrole nitrogens is 1. The molecule has 152 valence electrons. The highest BCUT2D eigenvalue weighted by molar-refractivity contribution is 6.19. The number of aliphatic imine (C=N–C) groups is 1. The third kappa shape index (κ3) is 3.71. The molecular weight excluding hydrogens is 388 g/mol. The number of nitrogens with zero attached hydrogens (tertiary/aromatic N) is 1. The number of hydrogen-bond acceptors (Lipinski definition) is 3. The largest absolute Gasteiger partial charge is 0.361 e. The van der Waals surface area contributed by atoms with E-state index >= 15 is 0 Å². The fourth-order valence-electron chi connectivity index (χ4n) is 3.84. The molecule has 31 heavy (non-hydrogen) atoms. The maximum absolute atomic E-state index is 12.9. The van der Waals surface area contributed by atoms with Crippen LogP contribution in [0.1, 0.15) is 16.7 Å². The van der Waals surface area contributed by atoms with Crippen molar-refractivity contribution in [1.29, 1.82) is 0 Å². The Balaban J connectivity index is 1.45. The molecule has 0 saturated heterocycles. The summed E-state index contributed by atoms with van der Waals surface area (Å²) in [4.78, 5) is 33.5. The fraction of sp³-hybridized carbons (Fsp3) is 0.0800. The standard InChI is InChI=1S/C25H20N4O2/c30-22(14-17-15-26-20-12-6-4-10-18(17)20)28-24-25(31)27-21-13-7-5-11-19(21)23(29-24)16-8-2-1-3-9-16/h1-13,15,24,26H,14H2,(H,27,31)(H,28,30)/t24-/m0/s1. The minimum atomic E-state index is -1.03. The first-order valence-electron chi connectivity index (χ1n) is 10.1. The summed E-state index contributed by atoms with van der Waals surface area (Å²) in [6, 6.07) is 25.0. The Kier molecular flexibility index (Phi) is 4.80. The second-order valence-electron chi connectivity index (χ2n) is 7.38. The molecule has 3 N–H and O–H groups in total. The van der Waals surface area contributed by atoms with Gasteiger partial charge < -0.3 is 15.6 Å². The quantitative estimate of drug-likeness (QED) is 0.482. The van der Waals surface area contributed by atoms with Crippen molar-refractivity contribution in [1.82, 2.24) is 10.3 Å². The van der Waals surface area contributed by atoms with E-state index in [1.54, 1.807) is 0 Å². The van der Waals surface area contributed by atoms with Gasteiger partial charge >= 0.3 is 0 Å². The Labute approximate surface area is 179 Å². The highest BCUT2D eigenvalue weighted by Crippen LogP contribution is 2.24. The number of benzene rings is 3. The van der Waals surface area contributed by atoms with Gasteiger partial charge in [0.05, 0.1) is 17.8 Å². The molecule has 0 bridgehead atoms. The third-order valence-electron chi connectivity index (χ3n) is 5.32. The summed E-state index contributed by atoms with van der Waals surface area (Å²) >= 11 is 0. The number of hydrogen-bond donors (Lipinski definition) is 3. The first-order chi connectivity index (χ1) is 15.2. The number of fused-ring (bicyclic) bond motifs is 2. The van der Waals surface area contributed by atoms with Gasteiger partial charge in [-0.2, -0.15) is 0 Å². The highest BCUT2D eigenvalue weighted by atomic mass is 16.2. The molecule has 1 aliphatic heterocycles. The zero-order valence-electron chi connectivity index (χ0n) is 16.6. The van der Waals surface area contributed by atoms with Gasteiger partial charge in [0, 0.05) is 28.2 Å². The SMILES string of the molecule is O=C(Cc1c[nH]c2ccccc12)N[C@H]1N=C(c2ccccc2)c2ccccc2NC1=O. The summed E-state index contributed by atoms with van der Waals surface area (Å²) < 4.78 is 0. The number of carbonyl (C=O) groups excluding carboxylic acids is 2. The van der Waals surface area contributed by atoms with E-state index in [1.165, 1.54) is 0 Å². The lowest BCUT2D eigenvalue weighted by Crippen LogP contribution is -2.43. The summed E-state index contributed by atoms with van der Waals surface area (Å²) in [6.45, 7) is 0. The Morgan fingerprint density at radius 3 is 2.55 bits per heavy atom. The topological polar surface area (TPSA) is 86.3 Å². The molecule has 6 heteroatoms. The van der Waals surface area contributed by atoms with Crippen LogP contribution in [-0.4, -0.2) is 28.7 Å². The molecule has 1 atom stereocenters. The average Bonchev–Trinajstić information content (AvgIpc) is 3.14. The van der Waals surface area contributed by atoms with Crippen molar-refractivity contribution in [2.24, 2.45) is 4.99 Å². The van der Waals surface area contributed by atoms with E-state index in [0.717, 1.165) is 27.6 Å². The highest BCUT2D eigenvalue weighted by Gasteiger charge is 2.27. The normalized spacial score (nSPS) is 15.5. The lowest BCUT2D eigenvalue weighted by molar-refractivity contribution is -0.125. The van der Waals surface area contributed by atoms with Crippen LogP contribution in [0.2, 0.25) is 0 Å². The van der Waals surface area contributed by atoms with Crippen molar-refractivity contribution in [3.8, 4) is 0 Å². The monoisotopic (exact) mass is 408 g/mol. The number of rotatable bonds is 4. The maximum Gasteiger partial charge on any atom is 0.269 e. The van der Waals surface area contributed by atoms with Gasteiger partial charge in [-0.1, -0.05) is 66.7 Å². The molecular formula is C25H20N4O2. The van der Waals surface area contributed by atoms with E-state index in [0.29, 0.717) is 11.4 Å². The van der Waals surface area contributed by atoms with Gasteiger partial charge in [-0.3, -0.25) is 9.59 Å². The lowest BCUT2D eigenvalue weighted by Gasteiger charge is -2.13. The van der Waals surface area contributed by atoms with Crippen molar-refractivity contribution in [2.75, 3.05) is 5.32 Å². The van der Waals surface area contributed by atoms with Crippen LogP contribution in [0, 0.1) is 0 Å². The molecule has 0 unspecified atom stereocenters. The summed E-state index contributed by atoms with van der Waals surface area (Å²) in [5.41, 5.74) is 4.86. The van der Waals surface area contributed by atoms with Gasteiger partial charge in [0.15, 0.2) is 0 Å². The van der Waals surface area contributed by atoms with Crippen LogP contribution in [0.4, 0.5) is 5.69 Å². The predicted octanol–water partition coefficient (Wildman–Crippen LogP) is 3.64. The molecule has 5 rings (SSSR count). The van der Waals surface area contributed by atoms with E-state index in [9.17, 15) is 9.59 Å². The molecule has 1 aliphatic rings. The van der Waals surface area contributed by atoms with Crippen LogP contribution >= 0.6 is 0 Å². The van der Waals surface area contributed by atoms with Crippen LogP contribution < -0.4 is 10.6 Å². The summed E-state index contributed by atoms with van der Waals surface area (Å²) in [5, 5.41) is 6.68. The molecule has 0 spiro atoms. The van der Waals surface area contributed by atoms with Crippen molar-refractivity contribution >= 4 is 34.1 Å². The number of amides is 2. The van der Waals surface area contributed by atoms with Gasteiger partial charge in [-0.05, 0) is 17.7 Å². The molecule has 0 saturated carbocycles. The van der Waals surface area contributed by atoms with E-state index in [1.807, 2.05) is 85.1 Å². The number of aromatic amines is 1. The number of aromatic nitrogens is 1. The van der Waals surface area contributed by atoms with Crippen molar-refractivity contribution < 1.29 is 9.59 Å². The summed E-state index contributed by atoms with van der Waals surface area (Å²) in [7, 11) is 0. The fourth-order valence-corrected chi connectivity index (χ4v) is 3.84. The van der Waals surface area contributed by atoms with E-state index in [-0.39, 0.29) is 18.2 Å². The zero-order chi connectivity index (χ0) is 21.2. The average molecular weight is 408 g/mol. The molecule has 0 radical (unpaired) electrons. The third-order valence-corrected chi connectivity index (χ3v) is 5.32. The number of anilines is 1. The predicted molar refractivity (Wildman–Crippen MR) is 121 cm³/mol. The summed E-state index contributed by atoms with van der Waals surface area (Å²) in [5.74, 6) is -0.641. The van der Waals surface area contributed by atoms with Crippen molar-refractivity contribution in [3.05, 3.63) is 102 Å². The molecule has 1 aromatic heterocycles. The van der Waals surface area contributed by atoms with Gasteiger partial charge in [-0.25, -0.2) is 4.99 Å². The Morgan fingerprint density at radius 1 is 0.935 bits per heavy atom. The Bertz CT molecular complexity index is 1310. The Morgan fingerprint density at radius 2 is 1.68 bits per heavy atom. The van der Waals surface area contributed by atoms with Gasteiger partial charge in [0.25, 0.3) is 5.91 Å². The van der Waals surface area contributed by atoms with Crippen LogP contribution in [0.5, 0.6) is 0 Å². The molecule has 2 heterocycles. The number of nitrogens with one attached hydrogen (secondary N) is 3. The first-order valence-corrected chi connectivity index (χ1v) is 10.1. The molecule has 0 aliphatic carbocycles. The van der Waals surface area contributed by atoms with Gasteiger partial charge in [0.1, 0.15) is 0 Å². The summed E-state index contributed by atoms with van der Waals surface area (Å²) in [6.07, 6.45) is 0.948. The lowest BCUT2D eigenvalue weighted by atomic mass is 10.0. The minimum Gasteiger partial charge on any atom is -0.361 e. The second kappa shape index (κ2) is 7.91. The zero-order valence-corrected chi connectivity index (χ0v) is 16.6. The molecule has 3 aromatic carbocycles. The van der Waals surface area contributed by atoms with Gasteiger partial charge in [-0.15, -0.1) is 0 Å². The first kappa shape index (κ1) is 18.8. The van der Waals surface area contributed by atoms with Crippen molar-refractivity contribution in [3.63, 3.8) is 0 Å². The molecule has 0 fully saturated rings. The van der Waals surface area contributed by atoms with E-state index in [4.69, 9.17) is 0 Å². The number of para-hydroxylation sites is 2. The number of benzodiazepines with no additional fused rings is 1. The van der Waals surface area contributed by atoms with Crippen LogP contribution in [0.15, 0.2) is 90.1 Å². The van der Waals surface area contributed by atoms with Crippen LogP contribution in [-0.2, 0) is 16.0 Å². The molecule has 4 aromatic rings. The van der Waals surface area contributed by atoms with E-state index in [2.05, 4.69) is 20.6 Å². The Hall–Kier alpha value is -4.19. The molecule has 6 nitrogen and oxygen atoms in total. The van der Waals surface area contributed by atoms with Gasteiger partial charge in [0.2, 0.25) is 12.1 Å². The smallest absolute Gasteiger partial charge is 0.269 e. The minimum absolute atomic E-state index is 0.150. The van der Waals surface area contributed by atoms with Crippen LogP contribution in [0.3, 0.4) is 0 Å². The molecule has 2 amide bonds.